The smallest absolute Gasteiger partial charge is 0.247 e. The summed E-state index contributed by atoms with van der Waals surface area (Å²) in [5.74, 6) is -3.37. The van der Waals surface area contributed by atoms with Crippen LogP contribution in [0.5, 0.6) is 0 Å². The Hall–Kier alpha value is -3.89. The van der Waals surface area contributed by atoms with Crippen molar-refractivity contribution in [1.82, 2.24) is 27.0 Å². The van der Waals surface area contributed by atoms with Gasteiger partial charge in [-0.05, 0) is 40.0 Å². The number of hydrogen-bond donors (Lipinski definition) is 14. The van der Waals surface area contributed by atoms with Crippen LogP contribution in [0.1, 0.15) is 72.6 Å². The highest BCUT2D eigenvalue weighted by atomic mass is 16.8. The van der Waals surface area contributed by atoms with Crippen molar-refractivity contribution in [2.24, 2.45) is 0 Å². The lowest BCUT2D eigenvalue weighted by molar-refractivity contribution is -0.397. The third-order valence-electron chi connectivity index (χ3n) is 11.7. The first-order valence-corrected chi connectivity index (χ1v) is 23.2. The number of unbranched alkanes of at least 4 members (excludes halogenated alkanes) is 2. The zero-order valence-corrected chi connectivity index (χ0v) is 40.0. The molecule has 0 saturated carbocycles. The molecular formula is C43H71N5O23. The third kappa shape index (κ3) is 17.1. The van der Waals surface area contributed by atoms with Gasteiger partial charge in [-0.3, -0.25) is 45.7 Å². The lowest BCUT2D eigenvalue weighted by Gasteiger charge is -2.50. The molecule has 0 aromatic rings. The molecule has 5 amide bonds. The van der Waals surface area contributed by atoms with Crippen LogP contribution in [0.15, 0.2) is 24.3 Å². The Labute approximate surface area is 408 Å². The maximum atomic E-state index is 12.7. The number of carbonyl (C=O) groups excluding carboxylic acids is 5. The minimum atomic E-state index is -1.95. The number of rotatable bonds is 22. The zero-order valence-electron chi connectivity index (χ0n) is 40.0. The Morgan fingerprint density at radius 2 is 1.15 bits per heavy atom. The quantitative estimate of drug-likeness (QED) is 0.0208. The molecule has 4 rings (SSSR count). The molecule has 20 atom stereocenters. The van der Waals surface area contributed by atoms with Crippen molar-refractivity contribution < 1.29 is 113 Å². The molecule has 8 unspecified atom stereocenters. The summed E-state index contributed by atoms with van der Waals surface area (Å²) >= 11 is 0. The van der Waals surface area contributed by atoms with Gasteiger partial charge in [-0.1, -0.05) is 30.7 Å². The van der Waals surface area contributed by atoms with E-state index in [9.17, 15) is 69.9 Å². The van der Waals surface area contributed by atoms with Gasteiger partial charge in [-0.2, -0.15) is 0 Å². The van der Waals surface area contributed by atoms with Crippen LogP contribution in [0.4, 0.5) is 0 Å². The van der Waals surface area contributed by atoms with Crippen molar-refractivity contribution in [1.29, 1.82) is 0 Å². The molecule has 0 aromatic heterocycles. The zero-order chi connectivity index (χ0) is 52.5. The molecule has 4 fully saturated rings. The number of methoxy groups -OCH3 is 1. The second-order valence-electron chi connectivity index (χ2n) is 17.2. The number of amides is 5. The number of ether oxygens (including phenoxy) is 9. The minimum absolute atomic E-state index is 0.0160. The first-order valence-electron chi connectivity index (χ1n) is 23.2. The van der Waals surface area contributed by atoms with E-state index in [1.807, 2.05) is 13.0 Å². The summed E-state index contributed by atoms with van der Waals surface area (Å²) in [5, 5.41) is 99.9. The van der Waals surface area contributed by atoms with E-state index in [0.717, 1.165) is 14.0 Å². The van der Waals surface area contributed by atoms with Crippen LogP contribution in [0.2, 0.25) is 0 Å². The highest BCUT2D eigenvalue weighted by Crippen LogP contribution is 2.35. The fourth-order valence-electron chi connectivity index (χ4n) is 7.78. The lowest BCUT2D eigenvalue weighted by atomic mass is 9.96. The normalized spacial score (nSPS) is 37.6. The minimum Gasteiger partial charge on any atom is -0.394 e. The molecule has 28 heteroatoms. The van der Waals surface area contributed by atoms with E-state index in [0.29, 0.717) is 25.7 Å². The Bertz CT molecular complexity index is 1770. The largest absolute Gasteiger partial charge is 0.394 e. The molecule has 4 aliphatic rings. The SMILES string of the molecule is CC=CC=CCCC(=O)NNC(=O)CC(=O)NNC(=O)CCCCCO[C@@H]1OC(C)[C@H](O)[C@H](O[C@H]2O[C@@H](OC)[C@@H](O)C(O[C@H]3OC(CO)[C@H](O)[C@H](O)C3O[C@@H]3OC(C)[C@H](O)[C@H](O)C3O)C2NC(C)=O)C1O. The average Bonchev–Trinajstić information content (AvgIpc) is 3.33. The van der Waals surface area contributed by atoms with E-state index in [2.05, 4.69) is 27.0 Å². The van der Waals surface area contributed by atoms with Crippen molar-refractivity contribution in [2.45, 2.75) is 196 Å². The summed E-state index contributed by atoms with van der Waals surface area (Å²) < 4.78 is 52.1. The fourth-order valence-corrected chi connectivity index (χ4v) is 7.78. The second kappa shape index (κ2) is 29.1. The molecule has 4 aliphatic heterocycles. The molecule has 406 valence electrons. The summed E-state index contributed by atoms with van der Waals surface area (Å²) in [6.07, 6.45) is -23.0. The second-order valence-corrected chi connectivity index (χ2v) is 17.2. The van der Waals surface area contributed by atoms with E-state index in [1.54, 1.807) is 18.2 Å². The van der Waals surface area contributed by atoms with Crippen LogP contribution in [-0.4, -0.2) is 219 Å². The van der Waals surface area contributed by atoms with E-state index in [4.69, 9.17) is 42.6 Å². The topological polar surface area (TPSA) is 411 Å². The maximum absolute atomic E-state index is 12.7. The standard InChI is InChI=1S/C43H71N5O23/c1-6-7-8-9-11-14-23(51)45-47-25(53)17-26(54)48-46-24(52)15-12-10-13-16-64-41-35(62)37(29(56)20(3)65-41)69-39-27(44-21(4)50)36(34(61)40(63-5)71-39)68-43-38(32(59)30(57)22(18-49)67-43)70-42-33(60)31(58)28(55)19(2)66-42/h6-9,19-20,22,27-43,49,55-62H,10-18H2,1-5H3,(H,44,50)(H,45,51)(H,46,52)(H,47,53)(H,48,54)/t19?,20?,22?,27?,28-,29-,30-,31-,32-,33?,34-,35?,36?,37-,38?,39-,40+,41+,42-,43+/m0/s1. The molecule has 0 aliphatic carbocycles. The van der Waals surface area contributed by atoms with Gasteiger partial charge >= 0.3 is 0 Å². The lowest BCUT2D eigenvalue weighted by Crippen LogP contribution is -2.70. The van der Waals surface area contributed by atoms with Crippen LogP contribution in [0, 0.1) is 0 Å². The first kappa shape index (κ1) is 59.7. The average molecular weight is 1030 g/mol. The molecule has 71 heavy (non-hydrogen) atoms. The summed E-state index contributed by atoms with van der Waals surface area (Å²) in [5.41, 5.74) is 8.63. The van der Waals surface area contributed by atoms with Crippen LogP contribution in [0.25, 0.3) is 0 Å². The molecule has 4 saturated heterocycles. The van der Waals surface area contributed by atoms with Gasteiger partial charge in [0.2, 0.25) is 29.5 Å². The molecular weight excluding hydrogens is 954 g/mol. The fraction of sp³-hybridized carbons (Fsp3) is 0.791. The van der Waals surface area contributed by atoms with Crippen molar-refractivity contribution in [2.75, 3.05) is 20.3 Å². The van der Waals surface area contributed by atoms with Gasteiger partial charge in [-0.15, -0.1) is 0 Å². The number of aliphatic hydroxyl groups is 9. The predicted molar refractivity (Wildman–Crippen MR) is 235 cm³/mol. The summed E-state index contributed by atoms with van der Waals surface area (Å²) in [4.78, 5) is 60.9. The Kier molecular flexibility index (Phi) is 24.5. The van der Waals surface area contributed by atoms with Gasteiger partial charge in [0.15, 0.2) is 31.5 Å². The Balaban J connectivity index is 1.32. The van der Waals surface area contributed by atoms with Crippen LogP contribution in [-0.2, 0) is 66.6 Å². The predicted octanol–water partition coefficient (Wildman–Crippen LogP) is -5.76. The molecule has 4 heterocycles. The number of nitrogens with one attached hydrogen (secondary N) is 5. The maximum Gasteiger partial charge on any atom is 0.247 e. The van der Waals surface area contributed by atoms with Gasteiger partial charge < -0.3 is 93.9 Å². The molecule has 0 spiro atoms. The first-order chi connectivity index (χ1) is 33.7. The van der Waals surface area contributed by atoms with Crippen molar-refractivity contribution in [3.8, 4) is 0 Å². The van der Waals surface area contributed by atoms with Crippen LogP contribution < -0.4 is 27.0 Å². The van der Waals surface area contributed by atoms with Crippen LogP contribution >= 0.6 is 0 Å². The van der Waals surface area contributed by atoms with Gasteiger partial charge in [0.05, 0.1) is 18.8 Å². The van der Waals surface area contributed by atoms with Gasteiger partial charge in [0.1, 0.15) is 85.7 Å². The van der Waals surface area contributed by atoms with E-state index >= 15 is 0 Å². The number of aliphatic hydroxyl groups excluding tert-OH is 9. The molecule has 28 nitrogen and oxygen atoms in total. The van der Waals surface area contributed by atoms with Gasteiger partial charge in [0, 0.05) is 33.5 Å². The summed E-state index contributed by atoms with van der Waals surface area (Å²) in [7, 11) is 1.14. The van der Waals surface area contributed by atoms with Gasteiger partial charge in [-0.25, -0.2) is 0 Å². The third-order valence-corrected chi connectivity index (χ3v) is 11.7. The highest BCUT2D eigenvalue weighted by molar-refractivity contribution is 5.98. The van der Waals surface area contributed by atoms with Crippen LogP contribution in [0.3, 0.4) is 0 Å². The molecule has 0 bridgehead atoms. The van der Waals surface area contributed by atoms with Crippen molar-refractivity contribution in [3.05, 3.63) is 24.3 Å². The summed E-state index contributed by atoms with van der Waals surface area (Å²) in [6, 6.07) is -1.56. The molecule has 0 radical (unpaired) electrons. The van der Waals surface area contributed by atoms with Gasteiger partial charge in [0.25, 0.3) is 0 Å². The Morgan fingerprint density at radius 3 is 1.79 bits per heavy atom. The highest BCUT2D eigenvalue weighted by Gasteiger charge is 2.56. The van der Waals surface area contributed by atoms with Crippen molar-refractivity contribution in [3.63, 3.8) is 0 Å². The number of hydrogen-bond acceptors (Lipinski definition) is 23. The van der Waals surface area contributed by atoms with E-state index in [1.165, 1.54) is 13.8 Å². The van der Waals surface area contributed by atoms with E-state index < -0.39 is 166 Å². The Morgan fingerprint density at radius 1 is 0.563 bits per heavy atom. The number of hydrazine groups is 2. The molecule has 0 aromatic carbocycles. The number of carbonyl (C=O) groups is 5. The summed E-state index contributed by atoms with van der Waals surface area (Å²) in [6.45, 7) is 4.90. The molecule has 14 N–H and O–H groups in total. The monoisotopic (exact) mass is 1030 g/mol. The number of allylic oxidation sites excluding steroid dienone is 4. The van der Waals surface area contributed by atoms with E-state index in [-0.39, 0.29) is 19.4 Å². The van der Waals surface area contributed by atoms with Crippen molar-refractivity contribution >= 4 is 29.5 Å².